The molecule has 2 heterocycles. The van der Waals surface area contributed by atoms with Crippen molar-refractivity contribution in [2.45, 2.75) is 20.1 Å². The van der Waals surface area contributed by atoms with E-state index in [1.807, 2.05) is 12.1 Å². The van der Waals surface area contributed by atoms with Gasteiger partial charge in [0, 0.05) is 48.9 Å². The predicted molar refractivity (Wildman–Crippen MR) is 79.1 cm³/mol. The van der Waals surface area contributed by atoms with Crippen molar-refractivity contribution in [1.82, 2.24) is 9.80 Å². The third-order valence-corrected chi connectivity index (χ3v) is 4.28. The molecule has 20 heavy (non-hydrogen) atoms. The maximum absolute atomic E-state index is 6.21. The lowest BCUT2D eigenvalue weighted by molar-refractivity contribution is -0.0176. The molecule has 110 valence electrons. The van der Waals surface area contributed by atoms with Gasteiger partial charge >= 0.3 is 0 Å². The number of hydrogen-bond acceptors (Lipinski definition) is 4. The van der Waals surface area contributed by atoms with Crippen LogP contribution in [0.1, 0.15) is 18.1 Å². The average molecular weight is 297 g/mol. The van der Waals surface area contributed by atoms with Gasteiger partial charge in [0.1, 0.15) is 5.75 Å². The molecule has 0 aliphatic carbocycles. The summed E-state index contributed by atoms with van der Waals surface area (Å²) in [5.74, 6) is 0.971. The monoisotopic (exact) mass is 296 g/mol. The Morgan fingerprint density at radius 3 is 2.65 bits per heavy atom. The second kappa shape index (κ2) is 6.31. The van der Waals surface area contributed by atoms with Crippen molar-refractivity contribution in [2.75, 3.05) is 39.5 Å². The lowest BCUT2D eigenvalue weighted by Gasteiger charge is -2.34. The zero-order valence-corrected chi connectivity index (χ0v) is 12.7. The van der Waals surface area contributed by atoms with Crippen LogP contribution in [0.3, 0.4) is 0 Å². The van der Waals surface area contributed by atoms with Crippen molar-refractivity contribution in [1.29, 1.82) is 0 Å². The summed E-state index contributed by atoms with van der Waals surface area (Å²) >= 11 is 6.21. The second-order valence-corrected chi connectivity index (χ2v) is 5.81. The molecule has 2 aliphatic heterocycles. The highest BCUT2D eigenvalue weighted by atomic mass is 35.5. The van der Waals surface area contributed by atoms with Gasteiger partial charge < -0.3 is 14.4 Å². The number of halogens is 1. The largest absolute Gasteiger partial charge is 0.467 e. The minimum atomic E-state index is 0.339. The van der Waals surface area contributed by atoms with Crippen LogP contribution < -0.4 is 4.74 Å². The maximum Gasteiger partial charge on any atom is 0.189 e. The summed E-state index contributed by atoms with van der Waals surface area (Å²) in [6.07, 6.45) is 0. The van der Waals surface area contributed by atoms with Crippen LogP contribution in [0.4, 0.5) is 0 Å². The highest BCUT2D eigenvalue weighted by Crippen LogP contribution is 2.32. The third kappa shape index (κ3) is 3.09. The highest BCUT2D eigenvalue weighted by Gasteiger charge is 2.20. The number of nitrogens with zero attached hydrogens (tertiary/aromatic N) is 2. The van der Waals surface area contributed by atoms with E-state index in [0.29, 0.717) is 13.4 Å². The van der Waals surface area contributed by atoms with Crippen molar-refractivity contribution in [3.63, 3.8) is 0 Å². The van der Waals surface area contributed by atoms with E-state index in [2.05, 4.69) is 16.7 Å². The standard InChI is InChI=1S/C15H21ClN2O2/c1-2-17-3-5-18(6-4-17)9-12-7-14(16)8-13-10-19-11-20-15(12)13/h7-8H,2-6,9-11H2,1H3. The Hall–Kier alpha value is -0.810. The average Bonchev–Trinajstić information content (AvgIpc) is 2.48. The third-order valence-electron chi connectivity index (χ3n) is 4.06. The smallest absolute Gasteiger partial charge is 0.189 e. The van der Waals surface area contributed by atoms with Crippen molar-refractivity contribution >= 4 is 11.6 Å². The molecule has 0 bridgehead atoms. The fraction of sp³-hybridized carbons (Fsp3) is 0.600. The van der Waals surface area contributed by atoms with Crippen LogP contribution in [0.25, 0.3) is 0 Å². The molecule has 0 radical (unpaired) electrons. The first-order chi connectivity index (χ1) is 9.76. The number of rotatable bonds is 3. The van der Waals surface area contributed by atoms with Gasteiger partial charge in [-0.2, -0.15) is 0 Å². The van der Waals surface area contributed by atoms with Crippen LogP contribution in [0.15, 0.2) is 12.1 Å². The molecule has 0 atom stereocenters. The van der Waals surface area contributed by atoms with Gasteiger partial charge in [-0.15, -0.1) is 0 Å². The molecule has 0 aromatic heterocycles. The molecule has 1 fully saturated rings. The van der Waals surface area contributed by atoms with E-state index in [1.54, 1.807) is 0 Å². The number of piperazine rings is 1. The van der Waals surface area contributed by atoms with Gasteiger partial charge in [0.05, 0.1) is 6.61 Å². The molecule has 5 heteroatoms. The molecule has 2 aliphatic rings. The minimum absolute atomic E-state index is 0.339. The first-order valence-electron chi connectivity index (χ1n) is 7.23. The highest BCUT2D eigenvalue weighted by molar-refractivity contribution is 6.30. The van der Waals surface area contributed by atoms with E-state index < -0.39 is 0 Å². The number of ether oxygens (including phenoxy) is 2. The van der Waals surface area contributed by atoms with E-state index >= 15 is 0 Å². The molecular weight excluding hydrogens is 276 g/mol. The van der Waals surface area contributed by atoms with Crippen LogP contribution >= 0.6 is 11.6 Å². The van der Waals surface area contributed by atoms with Gasteiger partial charge in [0.15, 0.2) is 6.79 Å². The molecule has 3 rings (SSSR count). The summed E-state index contributed by atoms with van der Waals surface area (Å²) in [6, 6.07) is 3.96. The zero-order chi connectivity index (χ0) is 13.9. The van der Waals surface area contributed by atoms with Crippen LogP contribution in [-0.2, 0) is 17.9 Å². The minimum Gasteiger partial charge on any atom is -0.467 e. The fourth-order valence-corrected chi connectivity index (χ4v) is 3.14. The molecule has 0 amide bonds. The van der Waals surface area contributed by atoms with Gasteiger partial charge in [-0.1, -0.05) is 18.5 Å². The van der Waals surface area contributed by atoms with E-state index in [-0.39, 0.29) is 0 Å². The number of fused-ring (bicyclic) bond motifs is 1. The molecule has 1 aromatic rings. The van der Waals surface area contributed by atoms with E-state index in [0.717, 1.165) is 55.6 Å². The van der Waals surface area contributed by atoms with Gasteiger partial charge in [-0.05, 0) is 18.7 Å². The van der Waals surface area contributed by atoms with Crippen LogP contribution in [0.2, 0.25) is 5.02 Å². The van der Waals surface area contributed by atoms with E-state index in [4.69, 9.17) is 21.1 Å². The first-order valence-corrected chi connectivity index (χ1v) is 7.60. The van der Waals surface area contributed by atoms with Crippen molar-refractivity contribution in [3.05, 3.63) is 28.3 Å². The molecule has 1 saturated heterocycles. The normalized spacial score (nSPS) is 20.5. The summed E-state index contributed by atoms with van der Waals surface area (Å²) in [6.45, 7) is 9.68. The Balaban J connectivity index is 1.72. The summed E-state index contributed by atoms with van der Waals surface area (Å²) in [5, 5.41) is 0.764. The lowest BCUT2D eigenvalue weighted by atomic mass is 10.1. The molecule has 0 N–H and O–H groups in total. The van der Waals surface area contributed by atoms with Gasteiger partial charge in [0.2, 0.25) is 0 Å². The Labute approximate surface area is 125 Å². The lowest BCUT2D eigenvalue weighted by Crippen LogP contribution is -2.45. The van der Waals surface area contributed by atoms with Crippen LogP contribution in [-0.4, -0.2) is 49.3 Å². The predicted octanol–water partition coefficient (Wildman–Crippen LogP) is 2.34. The Kier molecular flexibility index (Phi) is 4.46. The Morgan fingerprint density at radius 2 is 1.90 bits per heavy atom. The first kappa shape index (κ1) is 14.1. The van der Waals surface area contributed by atoms with Crippen LogP contribution in [0, 0.1) is 0 Å². The Bertz CT molecular complexity index is 473. The number of hydrogen-bond donors (Lipinski definition) is 0. The zero-order valence-electron chi connectivity index (χ0n) is 11.9. The quantitative estimate of drug-likeness (QED) is 0.855. The summed E-state index contributed by atoms with van der Waals surface area (Å²) in [7, 11) is 0. The number of benzene rings is 1. The summed E-state index contributed by atoms with van der Waals surface area (Å²) in [5.41, 5.74) is 2.24. The maximum atomic E-state index is 6.21. The van der Waals surface area contributed by atoms with Gasteiger partial charge in [-0.3, -0.25) is 4.90 Å². The topological polar surface area (TPSA) is 24.9 Å². The fourth-order valence-electron chi connectivity index (χ4n) is 2.88. The molecular formula is C15H21ClN2O2. The van der Waals surface area contributed by atoms with Gasteiger partial charge in [0.25, 0.3) is 0 Å². The van der Waals surface area contributed by atoms with E-state index in [1.165, 1.54) is 5.56 Å². The second-order valence-electron chi connectivity index (χ2n) is 5.37. The van der Waals surface area contributed by atoms with Crippen molar-refractivity contribution in [3.8, 4) is 5.75 Å². The van der Waals surface area contributed by atoms with Gasteiger partial charge in [-0.25, -0.2) is 0 Å². The molecule has 0 unspecified atom stereocenters. The van der Waals surface area contributed by atoms with E-state index in [9.17, 15) is 0 Å². The number of likely N-dealkylation sites (N-methyl/N-ethyl adjacent to an activating group) is 1. The molecule has 0 spiro atoms. The van der Waals surface area contributed by atoms with Crippen molar-refractivity contribution in [2.24, 2.45) is 0 Å². The summed E-state index contributed by atoms with van der Waals surface area (Å²) < 4.78 is 11.0. The molecule has 1 aromatic carbocycles. The van der Waals surface area contributed by atoms with Crippen molar-refractivity contribution < 1.29 is 9.47 Å². The molecule has 4 nitrogen and oxygen atoms in total. The molecule has 0 saturated carbocycles. The van der Waals surface area contributed by atoms with Crippen LogP contribution in [0.5, 0.6) is 5.75 Å². The SMILES string of the molecule is CCN1CCN(Cc2cc(Cl)cc3c2OCOC3)CC1. The Morgan fingerprint density at radius 1 is 1.15 bits per heavy atom. The summed E-state index contributed by atoms with van der Waals surface area (Å²) in [4.78, 5) is 4.95.